The maximum atomic E-state index is 4.45. The Morgan fingerprint density at radius 2 is 0.451 bits per heavy atom. The largest absolute Gasteiger partial charge is 0.305 e. The average Bonchev–Trinajstić information content (AvgIpc) is 3.60. The number of nitrogens with zero attached hydrogens (tertiary/aromatic N) is 3. The minimum atomic E-state index is 0. The van der Waals surface area contributed by atoms with Crippen molar-refractivity contribution in [2.24, 2.45) is 0 Å². The van der Waals surface area contributed by atoms with Gasteiger partial charge in [-0.1, -0.05) is 239 Å². The zero-order valence-electron chi connectivity index (χ0n) is 52.6. The molecule has 1 radical (unpaired) electrons. The quantitative estimate of drug-likeness (QED) is 0.0380. The molecule has 3 heterocycles. The topological polar surface area (TPSA) is 38.7 Å². The Morgan fingerprint density at radius 3 is 0.714 bits per heavy atom. The standard InChI is InChI=1S/3C29H28N.Ir/c3*1(4-12-24-13-6-3-7-14-24)2-5-15-25-16-10-17-26(22-25)27-18-11-19-28(23-27)29-20-8-9-21-30-29;/h3*3,6-11,13-14,16-18,20-23H,1-2,4-5,12,15H2;/q3*-1;. The monoisotopic (exact) mass is 1360 g/mol. The number of pyridine rings is 3. The van der Waals surface area contributed by atoms with Gasteiger partial charge in [-0.15, -0.1) is 106 Å². The van der Waals surface area contributed by atoms with Crippen molar-refractivity contribution >= 4 is 0 Å². The van der Waals surface area contributed by atoms with Crippen molar-refractivity contribution in [1.82, 2.24) is 15.0 Å². The van der Waals surface area contributed by atoms with Crippen molar-refractivity contribution < 1.29 is 20.1 Å². The van der Waals surface area contributed by atoms with E-state index < -0.39 is 0 Å². The first-order chi connectivity index (χ1) is 44.6. The third-order valence-corrected chi connectivity index (χ3v) is 16.6. The van der Waals surface area contributed by atoms with Crippen LogP contribution in [-0.4, -0.2) is 15.0 Å². The van der Waals surface area contributed by atoms with Crippen LogP contribution in [0.5, 0.6) is 0 Å². The number of benzene rings is 9. The van der Waals surface area contributed by atoms with Crippen LogP contribution in [0, 0.1) is 18.2 Å². The molecule has 12 rings (SSSR count). The first-order valence-corrected chi connectivity index (χ1v) is 32.8. The zero-order valence-corrected chi connectivity index (χ0v) is 55.0. The van der Waals surface area contributed by atoms with Crippen molar-refractivity contribution in [2.75, 3.05) is 0 Å². The minimum Gasteiger partial charge on any atom is -0.305 e. The number of aromatic nitrogens is 3. The predicted molar refractivity (Wildman–Crippen MR) is 379 cm³/mol. The smallest absolute Gasteiger partial charge is 0.0160 e. The van der Waals surface area contributed by atoms with Crippen LogP contribution in [0.2, 0.25) is 0 Å². The van der Waals surface area contributed by atoms with Crippen molar-refractivity contribution in [3.8, 4) is 67.2 Å². The van der Waals surface area contributed by atoms with Crippen LogP contribution < -0.4 is 0 Å². The van der Waals surface area contributed by atoms with Crippen molar-refractivity contribution in [3.05, 3.63) is 343 Å². The van der Waals surface area contributed by atoms with Crippen LogP contribution in [0.4, 0.5) is 0 Å². The Kier molecular flexibility index (Phi) is 27.7. The molecule has 0 N–H and O–H groups in total. The molecule has 0 saturated heterocycles. The molecule has 3 aromatic heterocycles. The molecule has 12 aromatic rings. The van der Waals surface area contributed by atoms with Gasteiger partial charge < -0.3 is 15.0 Å². The molecule has 0 bridgehead atoms. The van der Waals surface area contributed by atoms with Crippen molar-refractivity contribution in [3.63, 3.8) is 0 Å². The van der Waals surface area contributed by atoms with Crippen molar-refractivity contribution in [2.45, 2.75) is 116 Å². The molecule has 0 amide bonds. The van der Waals surface area contributed by atoms with E-state index in [-0.39, 0.29) is 20.1 Å². The molecule has 0 atom stereocenters. The molecule has 3 nitrogen and oxygen atoms in total. The second-order valence-corrected chi connectivity index (χ2v) is 23.4. The summed E-state index contributed by atoms with van der Waals surface area (Å²) in [6.45, 7) is 0. The van der Waals surface area contributed by atoms with Gasteiger partial charge in [-0.2, -0.15) is 0 Å². The fraction of sp³-hybridized carbons (Fsp3) is 0.207. The number of hydrogen-bond donors (Lipinski definition) is 0. The van der Waals surface area contributed by atoms with E-state index in [0.29, 0.717) is 0 Å². The summed E-state index contributed by atoms with van der Waals surface area (Å²) in [5.74, 6) is 0. The van der Waals surface area contributed by atoms with Gasteiger partial charge in [-0.05, 0) is 162 Å². The van der Waals surface area contributed by atoms with Crippen LogP contribution in [0.1, 0.15) is 110 Å². The molecule has 0 aliphatic rings. The van der Waals surface area contributed by atoms with E-state index >= 15 is 0 Å². The van der Waals surface area contributed by atoms with E-state index in [4.69, 9.17) is 0 Å². The molecule has 9 aromatic carbocycles. The van der Waals surface area contributed by atoms with Gasteiger partial charge in [0, 0.05) is 38.7 Å². The van der Waals surface area contributed by atoms with Gasteiger partial charge in [-0.3, -0.25) is 0 Å². The molecule has 4 heteroatoms. The summed E-state index contributed by atoms with van der Waals surface area (Å²) >= 11 is 0. The average molecular weight is 1360 g/mol. The molecular formula is C87H84IrN3-3. The maximum Gasteiger partial charge on any atom is 0.0160 e. The van der Waals surface area contributed by atoms with Gasteiger partial charge in [0.2, 0.25) is 0 Å². The van der Waals surface area contributed by atoms with Gasteiger partial charge in [0.05, 0.1) is 0 Å². The summed E-state index contributed by atoms with van der Waals surface area (Å²) < 4.78 is 0. The van der Waals surface area contributed by atoms with E-state index in [1.165, 1.54) is 163 Å². The van der Waals surface area contributed by atoms with Gasteiger partial charge >= 0.3 is 0 Å². The van der Waals surface area contributed by atoms with Crippen LogP contribution >= 0.6 is 0 Å². The summed E-state index contributed by atoms with van der Waals surface area (Å²) in [6, 6.07) is 106. The molecule has 91 heavy (non-hydrogen) atoms. The minimum absolute atomic E-state index is 0. The molecule has 0 spiro atoms. The summed E-state index contributed by atoms with van der Waals surface area (Å²) in [5, 5.41) is 0. The van der Waals surface area contributed by atoms with E-state index in [1.807, 2.05) is 91.4 Å². The third kappa shape index (κ3) is 22.5. The Balaban J connectivity index is 0.000000161. The molecule has 0 unspecified atom stereocenters. The fourth-order valence-corrected chi connectivity index (χ4v) is 11.6. The normalized spacial score (nSPS) is 10.7. The SMILES string of the molecule is [Ir].[c-]1ccc(-c2cccc(CCCCCCc3ccccc3)c2)cc1-c1ccccn1.[c-]1ccc(-c2cccc(CCCCCCc3ccccc3)c2)cc1-c1ccccn1.[c-]1ccc(-c2cccc(CCCCCCc3ccccc3)c2)cc1-c1ccccn1. The van der Waals surface area contributed by atoms with Gasteiger partial charge in [0.25, 0.3) is 0 Å². The first kappa shape index (κ1) is 66.5. The Bertz CT molecular complexity index is 3540. The van der Waals surface area contributed by atoms with Crippen LogP contribution in [0.3, 0.4) is 0 Å². The van der Waals surface area contributed by atoms with Crippen LogP contribution in [0.15, 0.2) is 292 Å². The summed E-state index contributed by atoms with van der Waals surface area (Å²) in [4.78, 5) is 13.4. The second-order valence-electron chi connectivity index (χ2n) is 23.4. The van der Waals surface area contributed by atoms with E-state index in [2.05, 4.69) is 233 Å². The van der Waals surface area contributed by atoms with E-state index in [1.54, 1.807) is 0 Å². The summed E-state index contributed by atoms with van der Waals surface area (Å²) in [5.41, 5.74) is 22.1. The summed E-state index contributed by atoms with van der Waals surface area (Å²) in [7, 11) is 0. The molecule has 0 saturated carbocycles. The van der Waals surface area contributed by atoms with Crippen LogP contribution in [0.25, 0.3) is 67.2 Å². The Morgan fingerprint density at radius 1 is 0.209 bits per heavy atom. The van der Waals surface area contributed by atoms with Gasteiger partial charge in [0.1, 0.15) is 0 Å². The Hall–Kier alpha value is -8.92. The molecular weight excluding hydrogens is 1280 g/mol. The second kappa shape index (κ2) is 37.9. The van der Waals surface area contributed by atoms with Gasteiger partial charge in [0.15, 0.2) is 0 Å². The molecule has 0 fully saturated rings. The number of rotatable bonds is 27. The predicted octanol–water partition coefficient (Wildman–Crippen LogP) is 22.7. The fourth-order valence-electron chi connectivity index (χ4n) is 11.6. The van der Waals surface area contributed by atoms with E-state index in [9.17, 15) is 0 Å². The van der Waals surface area contributed by atoms with Crippen molar-refractivity contribution in [1.29, 1.82) is 0 Å². The zero-order chi connectivity index (χ0) is 61.3. The molecule has 0 aliphatic heterocycles. The number of aryl methyl sites for hydroxylation is 6. The van der Waals surface area contributed by atoms with E-state index in [0.717, 1.165) is 53.0 Å². The van der Waals surface area contributed by atoms with Crippen LogP contribution in [-0.2, 0) is 58.6 Å². The molecule has 459 valence electrons. The number of unbranched alkanes of at least 4 members (excludes halogenated alkanes) is 9. The summed E-state index contributed by atoms with van der Waals surface area (Å²) in [6.07, 6.45) is 27.9. The Labute approximate surface area is 557 Å². The molecule has 0 aliphatic carbocycles. The van der Waals surface area contributed by atoms with Gasteiger partial charge in [-0.25, -0.2) is 0 Å². The number of hydrogen-bond acceptors (Lipinski definition) is 3. The maximum absolute atomic E-state index is 4.45. The first-order valence-electron chi connectivity index (χ1n) is 32.8. The third-order valence-electron chi connectivity index (χ3n) is 16.6.